The van der Waals surface area contributed by atoms with Gasteiger partial charge < -0.3 is 5.32 Å². The van der Waals surface area contributed by atoms with E-state index in [-0.39, 0.29) is 5.56 Å². The lowest BCUT2D eigenvalue weighted by molar-refractivity contribution is 0.623. The molecule has 0 amide bonds. The van der Waals surface area contributed by atoms with Gasteiger partial charge in [-0.25, -0.2) is 4.39 Å². The zero-order valence-electron chi connectivity index (χ0n) is 10.1. The zero-order valence-corrected chi connectivity index (χ0v) is 13.2. The summed E-state index contributed by atoms with van der Waals surface area (Å²) in [4.78, 5) is 0. The second-order valence-electron chi connectivity index (χ2n) is 4.00. The molecule has 1 N–H and O–H groups in total. The molecule has 0 atom stereocenters. The molecule has 2 nitrogen and oxygen atoms in total. The molecule has 20 heavy (non-hydrogen) atoms. The number of hydrogen-bond acceptors (Lipinski definition) is 2. The van der Waals surface area contributed by atoms with Crippen molar-refractivity contribution in [3.8, 4) is 6.07 Å². The molecule has 0 saturated carbocycles. The molecule has 0 bridgehead atoms. The Balaban J connectivity index is 2.17. The Labute approximate surface area is 134 Å². The van der Waals surface area contributed by atoms with E-state index < -0.39 is 5.82 Å². The van der Waals surface area contributed by atoms with Crippen molar-refractivity contribution in [1.29, 1.82) is 5.26 Å². The van der Waals surface area contributed by atoms with Gasteiger partial charge in [-0.05, 0) is 45.8 Å². The van der Waals surface area contributed by atoms with Crippen molar-refractivity contribution < 1.29 is 4.39 Å². The minimum absolute atomic E-state index is 0.0178. The Kier molecular flexibility index (Phi) is 4.87. The van der Waals surface area contributed by atoms with Crippen molar-refractivity contribution in [3.05, 3.63) is 61.8 Å². The van der Waals surface area contributed by atoms with Gasteiger partial charge >= 0.3 is 0 Å². The average Bonchev–Trinajstić information content (AvgIpc) is 2.45. The Bertz CT molecular complexity index is 698. The minimum Gasteiger partial charge on any atom is -0.380 e. The van der Waals surface area contributed by atoms with E-state index in [2.05, 4.69) is 21.2 Å². The summed E-state index contributed by atoms with van der Waals surface area (Å²) in [5, 5.41) is 12.7. The third-order valence-electron chi connectivity index (χ3n) is 2.67. The highest BCUT2D eigenvalue weighted by molar-refractivity contribution is 9.10. The predicted molar refractivity (Wildman–Crippen MR) is 82.6 cm³/mol. The van der Waals surface area contributed by atoms with Gasteiger partial charge in [0, 0.05) is 11.0 Å². The maximum absolute atomic E-state index is 13.2. The van der Waals surface area contributed by atoms with Crippen molar-refractivity contribution in [1.82, 2.24) is 0 Å². The van der Waals surface area contributed by atoms with Gasteiger partial charge in [-0.15, -0.1) is 0 Å². The first-order valence-corrected chi connectivity index (χ1v) is 7.13. The summed E-state index contributed by atoms with van der Waals surface area (Å²) in [6.45, 7) is 0.409. The Hall–Kier alpha value is -1.28. The van der Waals surface area contributed by atoms with E-state index in [0.29, 0.717) is 26.8 Å². The van der Waals surface area contributed by atoms with Gasteiger partial charge in [0.05, 0.1) is 21.3 Å². The summed E-state index contributed by atoms with van der Waals surface area (Å²) in [6, 6.07) is 9.75. The highest BCUT2D eigenvalue weighted by atomic mass is 79.9. The number of anilines is 1. The number of nitriles is 1. The fourth-order valence-electron chi connectivity index (χ4n) is 1.63. The summed E-state index contributed by atoms with van der Waals surface area (Å²) >= 11 is 15.4. The van der Waals surface area contributed by atoms with E-state index in [0.717, 1.165) is 5.56 Å². The lowest BCUT2D eigenvalue weighted by atomic mass is 10.1. The van der Waals surface area contributed by atoms with Crippen molar-refractivity contribution >= 4 is 44.8 Å². The number of rotatable bonds is 3. The molecule has 2 aromatic carbocycles. The minimum atomic E-state index is -0.527. The highest BCUT2D eigenvalue weighted by Crippen LogP contribution is 2.35. The third kappa shape index (κ3) is 3.24. The van der Waals surface area contributed by atoms with Crippen LogP contribution >= 0.6 is 39.1 Å². The Morgan fingerprint density at radius 2 is 1.95 bits per heavy atom. The standard InChI is InChI=1S/C14H8BrCl2FN2/c15-10-2-4-12(14(17)13(10)16)20-7-8-1-3-11(18)9(5-8)6-19/h1-5,20H,7H2. The molecule has 2 aromatic rings. The first-order valence-electron chi connectivity index (χ1n) is 5.59. The molecule has 0 radical (unpaired) electrons. The topological polar surface area (TPSA) is 35.8 Å². The van der Waals surface area contributed by atoms with E-state index in [9.17, 15) is 4.39 Å². The van der Waals surface area contributed by atoms with E-state index >= 15 is 0 Å². The van der Waals surface area contributed by atoms with Crippen LogP contribution < -0.4 is 5.32 Å². The summed E-state index contributed by atoms with van der Waals surface area (Å²) in [5.74, 6) is -0.527. The van der Waals surface area contributed by atoms with Crippen LogP contribution in [0.5, 0.6) is 0 Å². The molecule has 6 heteroatoms. The predicted octanol–water partition coefficient (Wildman–Crippen LogP) is 5.38. The number of hydrogen-bond donors (Lipinski definition) is 1. The van der Waals surface area contributed by atoms with Crippen molar-refractivity contribution in [3.63, 3.8) is 0 Å². The fraction of sp³-hybridized carbons (Fsp3) is 0.0714. The van der Waals surface area contributed by atoms with Crippen molar-refractivity contribution in [2.24, 2.45) is 0 Å². The van der Waals surface area contributed by atoms with Gasteiger partial charge in [0.25, 0.3) is 0 Å². The first-order chi connectivity index (χ1) is 9.52. The van der Waals surface area contributed by atoms with Crippen LogP contribution in [0.4, 0.5) is 10.1 Å². The maximum atomic E-state index is 13.2. The second-order valence-corrected chi connectivity index (χ2v) is 5.61. The summed E-state index contributed by atoms with van der Waals surface area (Å²) < 4.78 is 13.9. The smallest absolute Gasteiger partial charge is 0.140 e. The second kappa shape index (κ2) is 6.45. The summed E-state index contributed by atoms with van der Waals surface area (Å²) in [5.41, 5.74) is 1.46. The van der Waals surface area contributed by atoms with Crippen LogP contribution in [0.1, 0.15) is 11.1 Å². The first kappa shape index (κ1) is 15.1. The van der Waals surface area contributed by atoms with Gasteiger partial charge in [0.15, 0.2) is 0 Å². The van der Waals surface area contributed by atoms with Crippen molar-refractivity contribution in [2.45, 2.75) is 6.54 Å². The number of benzene rings is 2. The largest absolute Gasteiger partial charge is 0.380 e. The Morgan fingerprint density at radius 3 is 2.65 bits per heavy atom. The van der Waals surface area contributed by atoms with Gasteiger partial charge in [0.2, 0.25) is 0 Å². The summed E-state index contributed by atoms with van der Waals surface area (Å²) in [6.07, 6.45) is 0. The maximum Gasteiger partial charge on any atom is 0.140 e. The van der Waals surface area contributed by atoms with Crippen LogP contribution in [0.25, 0.3) is 0 Å². The zero-order chi connectivity index (χ0) is 14.7. The normalized spacial score (nSPS) is 10.2. The molecule has 0 aliphatic rings. The van der Waals surface area contributed by atoms with Crippen LogP contribution in [0.15, 0.2) is 34.8 Å². The number of halogens is 4. The van der Waals surface area contributed by atoms with Crippen LogP contribution in [0.2, 0.25) is 10.0 Å². The SMILES string of the molecule is N#Cc1cc(CNc2ccc(Br)c(Cl)c2Cl)ccc1F. The quantitative estimate of drug-likeness (QED) is 0.733. The van der Waals surface area contributed by atoms with Gasteiger partial charge in [-0.3, -0.25) is 0 Å². The van der Waals surface area contributed by atoms with Gasteiger partial charge in [0.1, 0.15) is 11.9 Å². The van der Waals surface area contributed by atoms with Gasteiger partial charge in [-0.1, -0.05) is 29.3 Å². The van der Waals surface area contributed by atoms with E-state index in [4.69, 9.17) is 28.5 Å². The van der Waals surface area contributed by atoms with E-state index in [1.54, 1.807) is 24.3 Å². The van der Waals surface area contributed by atoms with Crippen LogP contribution in [0.3, 0.4) is 0 Å². The molecule has 0 saturated heterocycles. The molecular weight excluding hydrogens is 366 g/mol. The molecule has 0 aromatic heterocycles. The van der Waals surface area contributed by atoms with Crippen LogP contribution in [-0.4, -0.2) is 0 Å². The van der Waals surface area contributed by atoms with Crippen molar-refractivity contribution in [2.75, 3.05) is 5.32 Å². The lowest BCUT2D eigenvalue weighted by Crippen LogP contribution is -2.01. The number of nitrogens with one attached hydrogen (secondary N) is 1. The van der Waals surface area contributed by atoms with Gasteiger partial charge in [-0.2, -0.15) is 5.26 Å². The molecule has 0 spiro atoms. The average molecular weight is 374 g/mol. The molecular formula is C14H8BrCl2FN2. The van der Waals surface area contributed by atoms with E-state index in [1.165, 1.54) is 12.1 Å². The highest BCUT2D eigenvalue weighted by Gasteiger charge is 2.08. The molecule has 102 valence electrons. The Morgan fingerprint density at radius 1 is 1.20 bits per heavy atom. The van der Waals surface area contributed by atoms with E-state index in [1.807, 2.05) is 0 Å². The molecule has 0 unspecified atom stereocenters. The molecule has 0 aliphatic carbocycles. The number of nitrogens with zero attached hydrogens (tertiary/aromatic N) is 1. The molecule has 0 aliphatic heterocycles. The monoisotopic (exact) mass is 372 g/mol. The lowest BCUT2D eigenvalue weighted by Gasteiger charge is -2.10. The fourth-order valence-corrected chi connectivity index (χ4v) is 2.47. The molecule has 2 rings (SSSR count). The summed E-state index contributed by atoms with van der Waals surface area (Å²) in [7, 11) is 0. The molecule has 0 fully saturated rings. The van der Waals surface area contributed by atoms with Crippen LogP contribution in [-0.2, 0) is 6.54 Å². The third-order valence-corrected chi connectivity index (χ3v) is 4.44. The van der Waals surface area contributed by atoms with Crippen LogP contribution in [0, 0.1) is 17.1 Å². The molecule has 0 heterocycles.